The molecule has 1 saturated heterocycles. The summed E-state index contributed by atoms with van der Waals surface area (Å²) in [5, 5.41) is 0. The summed E-state index contributed by atoms with van der Waals surface area (Å²) in [6.45, 7) is -2.25. The zero-order chi connectivity index (χ0) is 22.6. The number of sulfonamides is 2. The van der Waals surface area contributed by atoms with E-state index in [0.717, 1.165) is 12.8 Å². The molecule has 0 aromatic heterocycles. The standard InChI is InChI=1S/C19H22F2N2O6S2/c1-28-18-12-14(4-9-17(18)29-19(20)21)13-22-30(24,25)15-5-7-16(8-6-15)31(26,27)23-10-2-3-11-23/h4-9,12,19,22H,2-3,10-11,13H2,1H3. The first-order valence-electron chi connectivity index (χ1n) is 9.35. The van der Waals surface area contributed by atoms with Gasteiger partial charge in [0.05, 0.1) is 16.9 Å². The van der Waals surface area contributed by atoms with E-state index in [1.165, 1.54) is 53.9 Å². The van der Waals surface area contributed by atoms with Gasteiger partial charge in [-0.2, -0.15) is 13.1 Å². The monoisotopic (exact) mass is 476 g/mol. The molecule has 1 aliphatic rings. The van der Waals surface area contributed by atoms with E-state index in [-0.39, 0.29) is 27.8 Å². The topological polar surface area (TPSA) is 102 Å². The lowest BCUT2D eigenvalue weighted by Gasteiger charge is -2.15. The van der Waals surface area contributed by atoms with Crippen molar-refractivity contribution in [3.63, 3.8) is 0 Å². The molecule has 0 radical (unpaired) electrons. The molecule has 8 nitrogen and oxygen atoms in total. The van der Waals surface area contributed by atoms with Gasteiger partial charge in [0.1, 0.15) is 0 Å². The van der Waals surface area contributed by atoms with Gasteiger partial charge < -0.3 is 9.47 Å². The molecule has 170 valence electrons. The van der Waals surface area contributed by atoms with Gasteiger partial charge in [0.2, 0.25) is 20.0 Å². The fraction of sp³-hybridized carbons (Fsp3) is 0.368. The molecule has 12 heteroatoms. The van der Waals surface area contributed by atoms with Crippen molar-refractivity contribution in [2.24, 2.45) is 0 Å². The summed E-state index contributed by atoms with van der Waals surface area (Å²) in [5.41, 5.74) is 0.454. The second kappa shape index (κ2) is 9.47. The number of rotatable bonds is 9. The number of nitrogens with one attached hydrogen (secondary N) is 1. The molecule has 0 aliphatic carbocycles. The minimum atomic E-state index is -3.94. The predicted octanol–water partition coefficient (Wildman–Crippen LogP) is 2.56. The maximum Gasteiger partial charge on any atom is 0.387 e. The Kier molecular flexibility index (Phi) is 7.14. The third-order valence-electron chi connectivity index (χ3n) is 4.75. The molecule has 1 aliphatic heterocycles. The van der Waals surface area contributed by atoms with Crippen LogP contribution in [0.3, 0.4) is 0 Å². The van der Waals surface area contributed by atoms with Crippen LogP contribution in [0.1, 0.15) is 18.4 Å². The molecule has 0 unspecified atom stereocenters. The molecular formula is C19H22F2N2O6S2. The normalized spacial score (nSPS) is 15.4. The Morgan fingerprint density at radius 1 is 0.968 bits per heavy atom. The van der Waals surface area contributed by atoms with Crippen LogP contribution in [0.15, 0.2) is 52.3 Å². The van der Waals surface area contributed by atoms with Crippen molar-refractivity contribution < 1.29 is 35.1 Å². The predicted molar refractivity (Wildman–Crippen MR) is 108 cm³/mol. The van der Waals surface area contributed by atoms with E-state index >= 15 is 0 Å². The molecule has 1 heterocycles. The molecule has 1 fully saturated rings. The Labute approximate surface area is 179 Å². The van der Waals surface area contributed by atoms with E-state index in [4.69, 9.17) is 4.74 Å². The summed E-state index contributed by atoms with van der Waals surface area (Å²) >= 11 is 0. The van der Waals surface area contributed by atoms with E-state index in [2.05, 4.69) is 9.46 Å². The van der Waals surface area contributed by atoms with Gasteiger partial charge in [-0.15, -0.1) is 0 Å². The maximum absolute atomic E-state index is 12.6. The highest BCUT2D eigenvalue weighted by molar-refractivity contribution is 7.89. The minimum absolute atomic E-state index is 0.0349. The molecule has 0 bridgehead atoms. The Bertz CT molecular complexity index is 1120. The number of hydrogen-bond donors (Lipinski definition) is 1. The second-order valence-corrected chi connectivity index (χ2v) is 10.5. The number of methoxy groups -OCH3 is 1. The Morgan fingerprint density at radius 2 is 1.58 bits per heavy atom. The molecule has 31 heavy (non-hydrogen) atoms. The number of benzene rings is 2. The summed E-state index contributed by atoms with van der Waals surface area (Å²) in [6, 6.07) is 9.05. The van der Waals surface area contributed by atoms with Crippen LogP contribution in [-0.2, 0) is 26.6 Å². The lowest BCUT2D eigenvalue weighted by Crippen LogP contribution is -2.28. The Morgan fingerprint density at radius 3 is 2.16 bits per heavy atom. The highest BCUT2D eigenvalue weighted by atomic mass is 32.2. The van der Waals surface area contributed by atoms with E-state index in [1.807, 2.05) is 0 Å². The molecule has 0 spiro atoms. The van der Waals surface area contributed by atoms with Crippen LogP contribution in [-0.4, -0.2) is 48.0 Å². The maximum atomic E-state index is 12.6. The van der Waals surface area contributed by atoms with Gasteiger partial charge in [0.15, 0.2) is 11.5 Å². The van der Waals surface area contributed by atoms with Crippen LogP contribution in [0.5, 0.6) is 11.5 Å². The molecule has 2 aromatic carbocycles. The largest absolute Gasteiger partial charge is 0.493 e. The second-order valence-electron chi connectivity index (χ2n) is 6.77. The van der Waals surface area contributed by atoms with E-state index in [0.29, 0.717) is 18.7 Å². The van der Waals surface area contributed by atoms with Gasteiger partial charge >= 0.3 is 6.61 Å². The highest BCUT2D eigenvalue weighted by Gasteiger charge is 2.27. The fourth-order valence-corrected chi connectivity index (χ4v) is 5.68. The van der Waals surface area contributed by atoms with Crippen molar-refractivity contribution >= 4 is 20.0 Å². The third kappa shape index (κ3) is 5.50. The zero-order valence-electron chi connectivity index (χ0n) is 16.6. The van der Waals surface area contributed by atoms with E-state index in [1.54, 1.807) is 0 Å². The first-order valence-corrected chi connectivity index (χ1v) is 12.3. The average Bonchev–Trinajstić information content (AvgIpc) is 3.28. The number of alkyl halides is 2. The molecule has 0 saturated carbocycles. The van der Waals surface area contributed by atoms with Gasteiger partial charge in [-0.3, -0.25) is 0 Å². The van der Waals surface area contributed by atoms with Crippen LogP contribution < -0.4 is 14.2 Å². The van der Waals surface area contributed by atoms with Crippen LogP contribution in [0.4, 0.5) is 8.78 Å². The van der Waals surface area contributed by atoms with Crippen LogP contribution in [0, 0.1) is 0 Å². The number of ether oxygens (including phenoxy) is 2. The van der Waals surface area contributed by atoms with Crippen molar-refractivity contribution in [1.29, 1.82) is 0 Å². The first-order chi connectivity index (χ1) is 14.6. The van der Waals surface area contributed by atoms with Crippen molar-refractivity contribution in [3.8, 4) is 11.5 Å². The van der Waals surface area contributed by atoms with Crippen LogP contribution in [0.25, 0.3) is 0 Å². The fourth-order valence-electron chi connectivity index (χ4n) is 3.15. The molecule has 0 atom stereocenters. The van der Waals surface area contributed by atoms with E-state index < -0.39 is 26.7 Å². The molecule has 1 N–H and O–H groups in total. The van der Waals surface area contributed by atoms with Crippen molar-refractivity contribution in [1.82, 2.24) is 9.03 Å². The van der Waals surface area contributed by atoms with Crippen molar-refractivity contribution in [2.75, 3.05) is 20.2 Å². The summed E-state index contributed by atoms with van der Waals surface area (Å²) in [4.78, 5) is -0.0646. The lowest BCUT2D eigenvalue weighted by molar-refractivity contribution is -0.0512. The molecular weight excluding hydrogens is 454 g/mol. The summed E-state index contributed by atoms with van der Waals surface area (Å²) in [6.07, 6.45) is 1.60. The average molecular weight is 477 g/mol. The Balaban J connectivity index is 1.71. The summed E-state index contributed by atoms with van der Waals surface area (Å²) < 4.78 is 88.1. The van der Waals surface area contributed by atoms with Gasteiger partial charge in [0.25, 0.3) is 0 Å². The molecule has 2 aromatic rings. The summed E-state index contributed by atoms with van der Waals surface area (Å²) in [5.74, 6) is -0.132. The number of hydrogen-bond acceptors (Lipinski definition) is 6. The van der Waals surface area contributed by atoms with Crippen LogP contribution >= 0.6 is 0 Å². The van der Waals surface area contributed by atoms with Crippen molar-refractivity contribution in [3.05, 3.63) is 48.0 Å². The third-order valence-corrected chi connectivity index (χ3v) is 8.08. The molecule has 0 amide bonds. The molecule has 3 rings (SSSR count). The van der Waals surface area contributed by atoms with Gasteiger partial charge in [0, 0.05) is 19.6 Å². The van der Waals surface area contributed by atoms with Gasteiger partial charge in [-0.25, -0.2) is 21.6 Å². The quantitative estimate of drug-likeness (QED) is 0.597. The van der Waals surface area contributed by atoms with Crippen molar-refractivity contribution in [2.45, 2.75) is 35.8 Å². The first kappa shape index (κ1) is 23.4. The number of nitrogens with zero attached hydrogens (tertiary/aromatic N) is 1. The summed E-state index contributed by atoms with van der Waals surface area (Å²) in [7, 11) is -6.30. The van der Waals surface area contributed by atoms with Crippen LogP contribution in [0.2, 0.25) is 0 Å². The lowest BCUT2D eigenvalue weighted by atomic mass is 10.2. The van der Waals surface area contributed by atoms with E-state index in [9.17, 15) is 25.6 Å². The highest BCUT2D eigenvalue weighted by Crippen LogP contribution is 2.29. The minimum Gasteiger partial charge on any atom is -0.493 e. The zero-order valence-corrected chi connectivity index (χ0v) is 18.3. The smallest absolute Gasteiger partial charge is 0.387 e. The van der Waals surface area contributed by atoms with Gasteiger partial charge in [-0.1, -0.05) is 6.07 Å². The SMILES string of the molecule is COc1cc(CNS(=O)(=O)c2ccc(S(=O)(=O)N3CCCC3)cc2)ccc1OC(F)F. The Hall–Kier alpha value is -2.28. The number of halogens is 2. The van der Waals surface area contributed by atoms with Gasteiger partial charge in [-0.05, 0) is 54.8 Å².